The molecule has 1 unspecified atom stereocenters. The van der Waals surface area contributed by atoms with Crippen LogP contribution in [-0.4, -0.2) is 16.9 Å². The highest BCUT2D eigenvalue weighted by atomic mass is 16.5. The van der Waals surface area contributed by atoms with Crippen molar-refractivity contribution >= 4 is 0 Å². The van der Waals surface area contributed by atoms with Gasteiger partial charge < -0.3 is 4.74 Å². The summed E-state index contributed by atoms with van der Waals surface area (Å²) in [6.45, 7) is 6.57. The third-order valence-electron chi connectivity index (χ3n) is 4.92. The molecule has 0 aromatic carbocycles. The van der Waals surface area contributed by atoms with Crippen molar-refractivity contribution in [3.8, 4) is 5.75 Å². The first-order chi connectivity index (χ1) is 10.1. The molecule has 5 heteroatoms. The molecule has 21 heavy (non-hydrogen) atoms. The predicted molar refractivity (Wildman–Crippen MR) is 85.0 cm³/mol. The Kier molecular flexibility index (Phi) is 5.65. The van der Waals surface area contributed by atoms with Crippen molar-refractivity contribution < 1.29 is 4.74 Å². The Bertz CT molecular complexity index is 435. The number of aromatic nitrogens is 2. The van der Waals surface area contributed by atoms with E-state index in [0.717, 1.165) is 17.4 Å². The van der Waals surface area contributed by atoms with Gasteiger partial charge in [-0.2, -0.15) is 5.10 Å². The average Bonchev–Trinajstić information content (AvgIpc) is 2.93. The second-order valence-corrected chi connectivity index (χ2v) is 6.47. The van der Waals surface area contributed by atoms with E-state index in [0.29, 0.717) is 12.0 Å². The molecule has 5 nitrogen and oxygen atoms in total. The second-order valence-electron chi connectivity index (χ2n) is 6.47. The summed E-state index contributed by atoms with van der Waals surface area (Å²) in [7, 11) is 1.70. The normalized spacial score (nSPS) is 24.3. The van der Waals surface area contributed by atoms with Crippen molar-refractivity contribution in [1.29, 1.82) is 0 Å². The molecule has 0 radical (unpaired) electrons. The maximum atomic E-state index is 5.91. The van der Waals surface area contributed by atoms with E-state index in [1.54, 1.807) is 13.3 Å². The predicted octanol–water partition coefficient (Wildman–Crippen LogP) is 3.19. The summed E-state index contributed by atoms with van der Waals surface area (Å²) in [5, 5.41) is 4.48. The molecule has 1 fully saturated rings. The first kappa shape index (κ1) is 16.3. The zero-order valence-electron chi connectivity index (χ0n) is 13.8. The lowest BCUT2D eigenvalue weighted by Gasteiger charge is -2.34. The lowest BCUT2D eigenvalue weighted by molar-refractivity contribution is 0.208. The lowest BCUT2D eigenvalue weighted by atomic mass is 9.77. The number of methoxy groups -OCH3 is 1. The Balaban J connectivity index is 2.23. The molecule has 0 saturated heterocycles. The van der Waals surface area contributed by atoms with Crippen LogP contribution in [0.3, 0.4) is 0 Å². The lowest BCUT2D eigenvalue weighted by Crippen LogP contribution is -2.37. The summed E-state index contributed by atoms with van der Waals surface area (Å²) >= 11 is 0. The number of hydrogen-bond donors (Lipinski definition) is 2. The fourth-order valence-electron chi connectivity index (χ4n) is 3.59. The highest BCUT2D eigenvalue weighted by Crippen LogP contribution is 2.40. The molecule has 2 rings (SSSR count). The second kappa shape index (κ2) is 7.27. The molecule has 0 bridgehead atoms. The van der Waals surface area contributed by atoms with Gasteiger partial charge in [0, 0.05) is 6.04 Å². The Hall–Kier alpha value is -1.07. The highest BCUT2D eigenvalue weighted by Gasteiger charge is 2.32. The smallest absolute Gasteiger partial charge is 0.161 e. The van der Waals surface area contributed by atoms with Gasteiger partial charge in [0.05, 0.1) is 25.0 Å². The number of nitrogens with zero attached hydrogens (tertiary/aromatic N) is 2. The molecular formula is C16H30N4O. The van der Waals surface area contributed by atoms with Gasteiger partial charge >= 0.3 is 0 Å². The highest BCUT2D eigenvalue weighted by molar-refractivity contribution is 5.29. The Morgan fingerprint density at radius 2 is 2.05 bits per heavy atom. The molecule has 1 aromatic heterocycles. The maximum absolute atomic E-state index is 5.91. The van der Waals surface area contributed by atoms with Gasteiger partial charge in [0.25, 0.3) is 0 Å². The van der Waals surface area contributed by atoms with Gasteiger partial charge in [-0.05, 0) is 38.5 Å². The third kappa shape index (κ3) is 3.40. The number of rotatable bonds is 6. The van der Waals surface area contributed by atoms with Crippen LogP contribution in [0.2, 0.25) is 0 Å². The van der Waals surface area contributed by atoms with Gasteiger partial charge in [-0.15, -0.1) is 0 Å². The molecule has 1 saturated carbocycles. The maximum Gasteiger partial charge on any atom is 0.161 e. The zero-order chi connectivity index (χ0) is 15.4. The molecule has 1 heterocycles. The van der Waals surface area contributed by atoms with Crippen LogP contribution >= 0.6 is 0 Å². The van der Waals surface area contributed by atoms with E-state index < -0.39 is 0 Å². The molecule has 120 valence electrons. The molecule has 0 aliphatic heterocycles. The average molecular weight is 294 g/mol. The van der Waals surface area contributed by atoms with E-state index in [4.69, 9.17) is 10.6 Å². The Morgan fingerprint density at radius 3 is 2.52 bits per heavy atom. The van der Waals surface area contributed by atoms with E-state index in [1.165, 1.54) is 32.1 Å². The van der Waals surface area contributed by atoms with E-state index in [9.17, 15) is 0 Å². The summed E-state index contributed by atoms with van der Waals surface area (Å²) in [5.41, 5.74) is 4.13. The molecule has 0 amide bonds. The van der Waals surface area contributed by atoms with Crippen molar-refractivity contribution in [2.45, 2.75) is 65.0 Å². The van der Waals surface area contributed by atoms with Crippen LogP contribution in [0.15, 0.2) is 6.20 Å². The van der Waals surface area contributed by atoms with Gasteiger partial charge in [0.2, 0.25) is 0 Å². The topological polar surface area (TPSA) is 65.1 Å². The standard InChI is InChI=1S/C16H30N4O/c1-5-12-6-8-13(9-7-12)15(19-17)16-14(21-4)10-18-20(16)11(2)3/h10-13,15,19H,5-9,17H2,1-4H3. The van der Waals surface area contributed by atoms with E-state index in [-0.39, 0.29) is 6.04 Å². The number of hydrogen-bond acceptors (Lipinski definition) is 4. The number of nitrogens with one attached hydrogen (secondary N) is 1. The van der Waals surface area contributed by atoms with Gasteiger partial charge in [0.15, 0.2) is 5.75 Å². The van der Waals surface area contributed by atoms with Gasteiger partial charge in [0.1, 0.15) is 0 Å². The fourth-order valence-corrected chi connectivity index (χ4v) is 3.59. The number of hydrazine groups is 1. The van der Waals surface area contributed by atoms with E-state index >= 15 is 0 Å². The molecule has 1 aromatic rings. The minimum atomic E-state index is 0.114. The van der Waals surface area contributed by atoms with Crippen LogP contribution in [0.4, 0.5) is 0 Å². The van der Waals surface area contributed by atoms with E-state index in [1.807, 2.05) is 4.68 Å². The quantitative estimate of drug-likeness (QED) is 0.624. The largest absolute Gasteiger partial charge is 0.493 e. The molecular weight excluding hydrogens is 264 g/mol. The number of nitrogens with two attached hydrogens (primary N) is 1. The van der Waals surface area contributed by atoms with Crippen LogP contribution in [0.5, 0.6) is 5.75 Å². The van der Waals surface area contributed by atoms with Crippen LogP contribution in [0, 0.1) is 11.8 Å². The first-order valence-corrected chi connectivity index (χ1v) is 8.19. The molecule has 0 spiro atoms. The van der Waals surface area contributed by atoms with Gasteiger partial charge in [-0.3, -0.25) is 16.0 Å². The van der Waals surface area contributed by atoms with Crippen molar-refractivity contribution in [2.75, 3.05) is 7.11 Å². The fraction of sp³-hybridized carbons (Fsp3) is 0.812. The van der Waals surface area contributed by atoms with Crippen molar-refractivity contribution in [3.63, 3.8) is 0 Å². The van der Waals surface area contributed by atoms with Crippen LogP contribution < -0.4 is 16.0 Å². The Morgan fingerprint density at radius 1 is 1.38 bits per heavy atom. The van der Waals surface area contributed by atoms with Crippen LogP contribution in [0.1, 0.15) is 70.7 Å². The van der Waals surface area contributed by atoms with E-state index in [2.05, 4.69) is 31.3 Å². The van der Waals surface area contributed by atoms with Crippen LogP contribution in [0.25, 0.3) is 0 Å². The molecule has 1 aliphatic rings. The summed E-state index contributed by atoms with van der Waals surface area (Å²) in [4.78, 5) is 0. The van der Waals surface area contributed by atoms with Gasteiger partial charge in [-0.1, -0.05) is 26.2 Å². The minimum Gasteiger partial charge on any atom is -0.493 e. The third-order valence-corrected chi connectivity index (χ3v) is 4.92. The molecule has 1 aliphatic carbocycles. The SMILES string of the molecule is CCC1CCC(C(NN)c2c(OC)cnn2C(C)C)CC1. The summed E-state index contributed by atoms with van der Waals surface area (Å²) in [6, 6.07) is 0.411. The molecule has 1 atom stereocenters. The summed E-state index contributed by atoms with van der Waals surface area (Å²) in [6.07, 6.45) is 8.15. The number of ether oxygens (including phenoxy) is 1. The minimum absolute atomic E-state index is 0.114. The van der Waals surface area contributed by atoms with Crippen molar-refractivity contribution in [3.05, 3.63) is 11.9 Å². The zero-order valence-corrected chi connectivity index (χ0v) is 13.8. The monoisotopic (exact) mass is 294 g/mol. The van der Waals surface area contributed by atoms with Crippen molar-refractivity contribution in [2.24, 2.45) is 17.7 Å². The summed E-state index contributed by atoms with van der Waals surface area (Å²) < 4.78 is 7.55. The van der Waals surface area contributed by atoms with Crippen LogP contribution in [-0.2, 0) is 0 Å². The van der Waals surface area contributed by atoms with Crippen molar-refractivity contribution in [1.82, 2.24) is 15.2 Å². The van der Waals surface area contributed by atoms with Gasteiger partial charge in [-0.25, -0.2) is 0 Å². The first-order valence-electron chi connectivity index (χ1n) is 8.19. The Labute approximate surface area is 128 Å². The summed E-state index contributed by atoms with van der Waals surface area (Å²) in [5.74, 6) is 8.19. The molecule has 3 N–H and O–H groups in total.